The molecule has 2 aromatic rings. The van der Waals surface area contributed by atoms with Crippen LogP contribution < -0.4 is 15.8 Å². The molecule has 1 aromatic heterocycles. The lowest BCUT2D eigenvalue weighted by Crippen LogP contribution is -2.36. The Morgan fingerprint density at radius 2 is 2.08 bits per heavy atom. The van der Waals surface area contributed by atoms with Crippen molar-refractivity contribution in [3.63, 3.8) is 0 Å². The summed E-state index contributed by atoms with van der Waals surface area (Å²) in [6.07, 6.45) is 6.19. The maximum atomic E-state index is 13.8. The maximum absolute atomic E-state index is 13.8. The molecule has 7 heteroatoms. The Morgan fingerprint density at radius 1 is 1.28 bits per heavy atom. The number of carbonyl (C=O) groups excluding carboxylic acids is 1. The number of benzene rings is 1. The normalized spacial score (nSPS) is 20.2. The van der Waals surface area contributed by atoms with Gasteiger partial charge in [-0.05, 0) is 31.7 Å². The standard InChI is InChI=1S/C18H19FN4O2/c19-10-5-6-12(16(7-10)25-11-3-1-2-4-11)14-8-15-13(17(24)22-14)9-21-18(20)23-15/h5-7,9,11,14H,1-4,8H2,(H,22,24)(H2,20,21,23). The Bertz CT molecular complexity index is 821. The summed E-state index contributed by atoms with van der Waals surface area (Å²) in [6, 6.07) is 4.10. The Morgan fingerprint density at radius 3 is 2.88 bits per heavy atom. The molecule has 0 spiro atoms. The van der Waals surface area contributed by atoms with E-state index in [4.69, 9.17) is 10.5 Å². The van der Waals surface area contributed by atoms with Gasteiger partial charge in [0.1, 0.15) is 11.6 Å². The summed E-state index contributed by atoms with van der Waals surface area (Å²) >= 11 is 0. The molecule has 25 heavy (non-hydrogen) atoms. The van der Waals surface area contributed by atoms with Gasteiger partial charge in [-0.15, -0.1) is 0 Å². The number of nitrogens with one attached hydrogen (secondary N) is 1. The summed E-state index contributed by atoms with van der Waals surface area (Å²) in [6.45, 7) is 0. The Balaban J connectivity index is 1.66. The number of hydrogen-bond donors (Lipinski definition) is 2. The highest BCUT2D eigenvalue weighted by Gasteiger charge is 2.30. The molecule has 3 N–H and O–H groups in total. The molecule has 0 radical (unpaired) electrons. The van der Waals surface area contributed by atoms with E-state index in [1.54, 1.807) is 6.07 Å². The van der Waals surface area contributed by atoms with Gasteiger partial charge >= 0.3 is 0 Å². The van der Waals surface area contributed by atoms with Crippen molar-refractivity contribution in [2.75, 3.05) is 5.73 Å². The molecular formula is C18H19FN4O2. The highest BCUT2D eigenvalue weighted by molar-refractivity contribution is 5.96. The van der Waals surface area contributed by atoms with E-state index in [1.807, 2.05) is 0 Å². The van der Waals surface area contributed by atoms with Crippen LogP contribution in [0.4, 0.5) is 10.3 Å². The summed E-state index contributed by atoms with van der Waals surface area (Å²) in [5.41, 5.74) is 7.41. The molecular weight excluding hydrogens is 323 g/mol. The quantitative estimate of drug-likeness (QED) is 0.895. The van der Waals surface area contributed by atoms with Crippen LogP contribution in [0.15, 0.2) is 24.4 Å². The van der Waals surface area contributed by atoms with Crippen molar-refractivity contribution >= 4 is 11.9 Å². The zero-order valence-electron chi connectivity index (χ0n) is 13.7. The van der Waals surface area contributed by atoms with E-state index in [9.17, 15) is 9.18 Å². The van der Waals surface area contributed by atoms with Crippen molar-refractivity contribution in [2.24, 2.45) is 0 Å². The Kier molecular flexibility index (Phi) is 3.99. The molecule has 2 aliphatic rings. The number of nitrogens with zero attached hydrogens (tertiary/aromatic N) is 2. The summed E-state index contributed by atoms with van der Waals surface area (Å²) in [7, 11) is 0. The number of fused-ring (bicyclic) bond motifs is 1. The van der Waals surface area contributed by atoms with Crippen molar-refractivity contribution in [3.8, 4) is 5.75 Å². The van der Waals surface area contributed by atoms with Gasteiger partial charge in [0.15, 0.2) is 0 Å². The second-order valence-corrected chi connectivity index (χ2v) is 6.53. The van der Waals surface area contributed by atoms with Crippen molar-refractivity contribution in [2.45, 2.75) is 44.2 Å². The highest BCUT2D eigenvalue weighted by Crippen LogP contribution is 2.34. The van der Waals surface area contributed by atoms with Gasteiger partial charge in [0.2, 0.25) is 5.95 Å². The Labute approximate surface area is 144 Å². The fraction of sp³-hybridized carbons (Fsp3) is 0.389. The predicted molar refractivity (Wildman–Crippen MR) is 89.6 cm³/mol. The van der Waals surface area contributed by atoms with Crippen LogP contribution in [-0.2, 0) is 6.42 Å². The first-order valence-electron chi connectivity index (χ1n) is 8.48. The fourth-order valence-electron chi connectivity index (χ4n) is 3.53. The molecule has 130 valence electrons. The molecule has 1 fully saturated rings. The lowest BCUT2D eigenvalue weighted by Gasteiger charge is -2.27. The monoisotopic (exact) mass is 342 g/mol. The van der Waals surface area contributed by atoms with E-state index in [-0.39, 0.29) is 29.8 Å². The van der Waals surface area contributed by atoms with E-state index < -0.39 is 0 Å². The smallest absolute Gasteiger partial charge is 0.255 e. The summed E-state index contributed by atoms with van der Waals surface area (Å²) in [5, 5.41) is 2.93. The van der Waals surface area contributed by atoms with Crippen LogP contribution in [0.5, 0.6) is 5.75 Å². The third-order valence-corrected chi connectivity index (χ3v) is 4.78. The van der Waals surface area contributed by atoms with Crippen LogP contribution >= 0.6 is 0 Å². The number of hydrogen-bond acceptors (Lipinski definition) is 5. The largest absolute Gasteiger partial charge is 0.490 e. The minimum atomic E-state index is -0.356. The second kappa shape index (κ2) is 6.31. The molecule has 4 rings (SSSR count). The number of carbonyl (C=O) groups is 1. The average Bonchev–Trinajstić information content (AvgIpc) is 3.07. The number of rotatable bonds is 3. The van der Waals surface area contributed by atoms with E-state index >= 15 is 0 Å². The SMILES string of the molecule is Nc1ncc2c(n1)CC(c1ccc(F)cc1OC1CCCC1)NC2=O. The van der Waals surface area contributed by atoms with Gasteiger partial charge in [0.05, 0.1) is 23.4 Å². The molecule has 1 unspecified atom stereocenters. The number of anilines is 1. The zero-order valence-corrected chi connectivity index (χ0v) is 13.7. The maximum Gasteiger partial charge on any atom is 0.255 e. The first-order valence-corrected chi connectivity index (χ1v) is 8.48. The minimum Gasteiger partial charge on any atom is -0.490 e. The van der Waals surface area contributed by atoms with Crippen molar-refractivity contribution in [1.29, 1.82) is 0 Å². The third-order valence-electron chi connectivity index (χ3n) is 4.78. The van der Waals surface area contributed by atoms with Crippen molar-refractivity contribution in [1.82, 2.24) is 15.3 Å². The first-order chi connectivity index (χ1) is 12.1. The molecule has 1 atom stereocenters. The van der Waals surface area contributed by atoms with Gasteiger partial charge in [0.25, 0.3) is 5.91 Å². The number of halogens is 1. The molecule has 1 aromatic carbocycles. The van der Waals surface area contributed by atoms with Gasteiger partial charge in [-0.2, -0.15) is 0 Å². The summed E-state index contributed by atoms with van der Waals surface area (Å²) < 4.78 is 19.8. The zero-order chi connectivity index (χ0) is 17.4. The van der Waals surface area contributed by atoms with Crippen LogP contribution in [-0.4, -0.2) is 22.0 Å². The molecule has 1 aliphatic heterocycles. The molecule has 1 saturated carbocycles. The first kappa shape index (κ1) is 15.8. The van der Waals surface area contributed by atoms with Crippen LogP contribution in [0.1, 0.15) is 53.3 Å². The van der Waals surface area contributed by atoms with E-state index in [0.717, 1.165) is 31.2 Å². The van der Waals surface area contributed by atoms with Crippen LogP contribution in [0.25, 0.3) is 0 Å². The van der Waals surface area contributed by atoms with Crippen molar-refractivity contribution < 1.29 is 13.9 Å². The third kappa shape index (κ3) is 3.14. The molecule has 6 nitrogen and oxygen atoms in total. The van der Waals surface area contributed by atoms with E-state index in [2.05, 4.69) is 15.3 Å². The molecule has 1 aliphatic carbocycles. The van der Waals surface area contributed by atoms with Gasteiger partial charge in [-0.25, -0.2) is 14.4 Å². The number of ether oxygens (including phenoxy) is 1. The summed E-state index contributed by atoms with van der Waals surface area (Å²) in [4.78, 5) is 20.4. The fourth-order valence-corrected chi connectivity index (χ4v) is 3.53. The molecule has 1 amide bonds. The van der Waals surface area contributed by atoms with Gasteiger partial charge < -0.3 is 15.8 Å². The molecule has 2 heterocycles. The molecule has 0 saturated heterocycles. The minimum absolute atomic E-state index is 0.102. The predicted octanol–water partition coefficient (Wildman–Crippen LogP) is 2.55. The van der Waals surface area contributed by atoms with E-state index in [1.165, 1.54) is 18.3 Å². The Hall–Kier alpha value is -2.70. The van der Waals surface area contributed by atoms with Gasteiger partial charge in [-0.1, -0.05) is 6.07 Å². The van der Waals surface area contributed by atoms with Gasteiger partial charge in [0, 0.05) is 24.2 Å². The number of amides is 1. The lowest BCUT2D eigenvalue weighted by atomic mass is 9.95. The molecule has 0 bridgehead atoms. The summed E-state index contributed by atoms with van der Waals surface area (Å²) in [5.74, 6) is 0.00431. The van der Waals surface area contributed by atoms with Crippen molar-refractivity contribution in [3.05, 3.63) is 47.0 Å². The number of nitrogens with two attached hydrogens (primary N) is 1. The highest BCUT2D eigenvalue weighted by atomic mass is 19.1. The number of nitrogen functional groups attached to an aromatic ring is 1. The van der Waals surface area contributed by atoms with Crippen LogP contribution in [0, 0.1) is 5.82 Å². The topological polar surface area (TPSA) is 90.1 Å². The van der Waals surface area contributed by atoms with Crippen LogP contribution in [0.2, 0.25) is 0 Å². The number of aromatic nitrogens is 2. The van der Waals surface area contributed by atoms with Gasteiger partial charge in [-0.3, -0.25) is 4.79 Å². The second-order valence-electron chi connectivity index (χ2n) is 6.53. The lowest BCUT2D eigenvalue weighted by molar-refractivity contribution is 0.0922. The average molecular weight is 342 g/mol. The van der Waals surface area contributed by atoms with Crippen LogP contribution in [0.3, 0.4) is 0 Å². The van der Waals surface area contributed by atoms with E-state index in [0.29, 0.717) is 23.4 Å².